The zero-order chi connectivity index (χ0) is 17.0. The number of aliphatic hydroxyl groups excluding tert-OH is 1. The third kappa shape index (κ3) is 5.04. The van der Waals surface area contributed by atoms with Gasteiger partial charge in [0.15, 0.2) is 0 Å². The monoisotopic (exact) mass is 322 g/mol. The second-order valence-corrected chi connectivity index (χ2v) is 7.44. The smallest absolute Gasteiger partial charge is 0.271 e. The molecule has 1 amide bonds. The molecule has 0 unspecified atom stereocenters. The van der Waals surface area contributed by atoms with Crippen molar-refractivity contribution in [3.8, 4) is 0 Å². The number of hydrogen-bond donors (Lipinski definition) is 2. The largest absolute Gasteiger partial charge is 0.393 e. The Labute approximate surface area is 138 Å². The first kappa shape index (κ1) is 17.9. The van der Waals surface area contributed by atoms with Crippen molar-refractivity contribution < 1.29 is 9.90 Å². The van der Waals surface area contributed by atoms with E-state index in [0.29, 0.717) is 12.2 Å². The Morgan fingerprint density at radius 2 is 2.04 bits per heavy atom. The van der Waals surface area contributed by atoms with Gasteiger partial charge in [0.25, 0.3) is 5.91 Å². The quantitative estimate of drug-likeness (QED) is 0.807. The van der Waals surface area contributed by atoms with Crippen molar-refractivity contribution in [1.29, 1.82) is 0 Å². The van der Waals surface area contributed by atoms with Crippen molar-refractivity contribution in [3.05, 3.63) is 17.5 Å². The molecule has 0 atom stereocenters. The zero-order valence-electron chi connectivity index (χ0n) is 14.8. The van der Waals surface area contributed by atoms with Gasteiger partial charge >= 0.3 is 0 Å². The van der Waals surface area contributed by atoms with Crippen LogP contribution in [0.1, 0.15) is 56.2 Å². The molecule has 0 aromatic carbocycles. The van der Waals surface area contributed by atoms with Gasteiger partial charge in [-0.2, -0.15) is 5.10 Å². The Bertz CT molecular complexity index is 525. The molecule has 1 saturated heterocycles. The lowest BCUT2D eigenvalue weighted by Crippen LogP contribution is -2.37. The molecular weight excluding hydrogens is 292 g/mol. The molecule has 2 N–H and O–H groups in total. The zero-order valence-corrected chi connectivity index (χ0v) is 14.8. The lowest BCUT2D eigenvalue weighted by atomic mass is 10.1. The number of aliphatic hydroxyl groups is 1. The van der Waals surface area contributed by atoms with Crippen LogP contribution in [0.3, 0.4) is 0 Å². The van der Waals surface area contributed by atoms with Gasteiger partial charge in [-0.25, -0.2) is 0 Å². The third-order valence-electron chi connectivity index (χ3n) is 4.25. The molecule has 1 aliphatic rings. The van der Waals surface area contributed by atoms with Gasteiger partial charge in [-0.05, 0) is 59.6 Å². The van der Waals surface area contributed by atoms with Gasteiger partial charge in [0.1, 0.15) is 5.69 Å². The molecule has 2 heterocycles. The predicted octanol–water partition coefficient (Wildman–Crippen LogP) is 1.52. The average molecular weight is 322 g/mol. The van der Waals surface area contributed by atoms with E-state index in [9.17, 15) is 9.90 Å². The van der Waals surface area contributed by atoms with Crippen LogP contribution in [0.2, 0.25) is 0 Å². The van der Waals surface area contributed by atoms with Gasteiger partial charge < -0.3 is 15.3 Å². The number of aromatic nitrogens is 2. The number of hydrogen-bond acceptors (Lipinski definition) is 4. The second-order valence-electron chi connectivity index (χ2n) is 7.44. The number of carbonyl (C=O) groups excluding carboxylic acids is 1. The Balaban J connectivity index is 1.75. The standard InChI is InChI=1S/C17H30N4O2/c1-13-12-15(19-21(13)17(2,3)4)16(23)18-8-5-9-20-10-6-14(22)7-11-20/h12,14,22H,5-11H2,1-4H3,(H,18,23). The maximum atomic E-state index is 12.2. The lowest BCUT2D eigenvalue weighted by Gasteiger charge is -2.29. The van der Waals surface area contributed by atoms with E-state index in [0.717, 1.165) is 44.6 Å². The number of nitrogens with zero attached hydrogens (tertiary/aromatic N) is 3. The van der Waals surface area contributed by atoms with Crippen LogP contribution in [0.15, 0.2) is 6.07 Å². The summed E-state index contributed by atoms with van der Waals surface area (Å²) < 4.78 is 1.89. The van der Waals surface area contributed by atoms with Crippen LogP contribution in [0.4, 0.5) is 0 Å². The Morgan fingerprint density at radius 3 is 2.61 bits per heavy atom. The van der Waals surface area contributed by atoms with Crippen molar-refractivity contribution in [2.45, 2.75) is 58.6 Å². The van der Waals surface area contributed by atoms with Gasteiger partial charge in [0, 0.05) is 25.3 Å². The van der Waals surface area contributed by atoms with E-state index in [1.165, 1.54) is 0 Å². The Kier molecular flexibility index (Phi) is 5.81. The first-order valence-electron chi connectivity index (χ1n) is 8.53. The van der Waals surface area contributed by atoms with Gasteiger partial charge in [0.05, 0.1) is 11.6 Å². The van der Waals surface area contributed by atoms with E-state index in [1.807, 2.05) is 17.7 Å². The number of likely N-dealkylation sites (tertiary alicyclic amines) is 1. The molecular formula is C17H30N4O2. The first-order valence-corrected chi connectivity index (χ1v) is 8.53. The van der Waals surface area contributed by atoms with E-state index in [2.05, 4.69) is 36.1 Å². The summed E-state index contributed by atoms with van der Waals surface area (Å²) in [5.74, 6) is -0.106. The van der Waals surface area contributed by atoms with Gasteiger partial charge in [-0.1, -0.05) is 0 Å². The van der Waals surface area contributed by atoms with E-state index < -0.39 is 0 Å². The van der Waals surface area contributed by atoms with Crippen molar-refractivity contribution >= 4 is 5.91 Å². The molecule has 0 saturated carbocycles. The summed E-state index contributed by atoms with van der Waals surface area (Å²) in [5, 5.41) is 16.9. The molecule has 0 aliphatic carbocycles. The fourth-order valence-electron chi connectivity index (χ4n) is 3.00. The van der Waals surface area contributed by atoms with Crippen molar-refractivity contribution in [1.82, 2.24) is 20.0 Å². The minimum Gasteiger partial charge on any atom is -0.393 e. The van der Waals surface area contributed by atoms with Crippen LogP contribution in [0, 0.1) is 6.92 Å². The molecule has 6 nitrogen and oxygen atoms in total. The summed E-state index contributed by atoms with van der Waals surface area (Å²) in [5.41, 5.74) is 1.36. The molecule has 1 fully saturated rings. The third-order valence-corrected chi connectivity index (χ3v) is 4.25. The molecule has 6 heteroatoms. The summed E-state index contributed by atoms with van der Waals surface area (Å²) >= 11 is 0. The van der Waals surface area contributed by atoms with Crippen LogP contribution in [0.5, 0.6) is 0 Å². The predicted molar refractivity (Wildman–Crippen MR) is 90.6 cm³/mol. The topological polar surface area (TPSA) is 70.4 Å². The second kappa shape index (κ2) is 7.45. The summed E-state index contributed by atoms with van der Waals surface area (Å²) in [4.78, 5) is 14.5. The molecule has 2 rings (SSSR count). The normalized spacial score (nSPS) is 17.4. The molecule has 0 bridgehead atoms. The number of carbonyl (C=O) groups is 1. The number of rotatable bonds is 5. The number of aryl methyl sites for hydroxylation is 1. The molecule has 1 aromatic heterocycles. The minimum absolute atomic E-state index is 0.106. The fraction of sp³-hybridized carbons (Fsp3) is 0.765. The molecule has 0 spiro atoms. The van der Waals surface area contributed by atoms with Crippen molar-refractivity contribution in [3.63, 3.8) is 0 Å². The highest BCUT2D eigenvalue weighted by molar-refractivity contribution is 5.92. The van der Waals surface area contributed by atoms with E-state index >= 15 is 0 Å². The number of amides is 1. The fourth-order valence-corrected chi connectivity index (χ4v) is 3.00. The summed E-state index contributed by atoms with van der Waals surface area (Å²) in [6, 6.07) is 1.84. The molecule has 1 aromatic rings. The highest BCUT2D eigenvalue weighted by atomic mass is 16.3. The number of nitrogens with one attached hydrogen (secondary N) is 1. The van der Waals surface area contributed by atoms with Crippen LogP contribution >= 0.6 is 0 Å². The molecule has 1 aliphatic heterocycles. The lowest BCUT2D eigenvalue weighted by molar-refractivity contribution is 0.0816. The molecule has 0 radical (unpaired) electrons. The van der Waals surface area contributed by atoms with Crippen molar-refractivity contribution in [2.24, 2.45) is 0 Å². The molecule has 130 valence electrons. The first-order chi connectivity index (χ1) is 10.8. The van der Waals surface area contributed by atoms with E-state index in [4.69, 9.17) is 0 Å². The maximum Gasteiger partial charge on any atom is 0.271 e. The summed E-state index contributed by atoms with van der Waals surface area (Å²) in [6.45, 7) is 11.7. The van der Waals surface area contributed by atoms with Crippen LogP contribution < -0.4 is 5.32 Å². The van der Waals surface area contributed by atoms with Gasteiger partial charge in [-0.15, -0.1) is 0 Å². The van der Waals surface area contributed by atoms with Crippen LogP contribution in [-0.4, -0.2) is 58.0 Å². The van der Waals surface area contributed by atoms with E-state index in [1.54, 1.807) is 0 Å². The number of piperidine rings is 1. The van der Waals surface area contributed by atoms with Crippen LogP contribution in [0.25, 0.3) is 0 Å². The average Bonchev–Trinajstić information content (AvgIpc) is 2.87. The minimum atomic E-state index is -0.132. The Hall–Kier alpha value is -1.40. The SMILES string of the molecule is Cc1cc(C(=O)NCCCN2CCC(O)CC2)nn1C(C)(C)C. The maximum absolute atomic E-state index is 12.2. The highest BCUT2D eigenvalue weighted by Crippen LogP contribution is 2.16. The van der Waals surface area contributed by atoms with Gasteiger partial charge in [-0.3, -0.25) is 9.48 Å². The Morgan fingerprint density at radius 1 is 1.39 bits per heavy atom. The van der Waals surface area contributed by atoms with Crippen LogP contribution in [-0.2, 0) is 5.54 Å². The summed E-state index contributed by atoms with van der Waals surface area (Å²) in [7, 11) is 0. The highest BCUT2D eigenvalue weighted by Gasteiger charge is 2.20. The van der Waals surface area contributed by atoms with Crippen molar-refractivity contribution in [2.75, 3.05) is 26.2 Å². The molecule has 23 heavy (non-hydrogen) atoms. The van der Waals surface area contributed by atoms with E-state index in [-0.39, 0.29) is 17.6 Å². The summed E-state index contributed by atoms with van der Waals surface area (Å²) in [6.07, 6.45) is 2.50. The van der Waals surface area contributed by atoms with Gasteiger partial charge in [0.2, 0.25) is 0 Å².